The molecule has 0 radical (unpaired) electrons. The quantitative estimate of drug-likeness (QED) is 0.503. The Labute approximate surface area is 213 Å². The van der Waals surface area contributed by atoms with Crippen molar-refractivity contribution in [3.8, 4) is 0 Å². The van der Waals surface area contributed by atoms with E-state index in [0.717, 1.165) is 43.6 Å². The second kappa shape index (κ2) is 10.5. The van der Waals surface area contributed by atoms with E-state index in [0.29, 0.717) is 11.5 Å². The Morgan fingerprint density at radius 3 is 2.33 bits per heavy atom. The third-order valence-corrected chi connectivity index (χ3v) is 9.04. The van der Waals surface area contributed by atoms with Gasteiger partial charge in [-0.1, -0.05) is 24.3 Å². The van der Waals surface area contributed by atoms with Gasteiger partial charge in [-0.05, 0) is 63.2 Å². The van der Waals surface area contributed by atoms with Gasteiger partial charge in [0.05, 0.1) is 22.4 Å². The normalized spacial score (nSPS) is 15.2. The van der Waals surface area contributed by atoms with Gasteiger partial charge in [-0.2, -0.15) is 0 Å². The van der Waals surface area contributed by atoms with Crippen LogP contribution in [-0.4, -0.2) is 61.3 Å². The second-order valence-electron chi connectivity index (χ2n) is 10.3. The van der Waals surface area contributed by atoms with Crippen LogP contribution in [0.25, 0.3) is 0 Å². The summed E-state index contributed by atoms with van der Waals surface area (Å²) < 4.78 is 38.9. The lowest BCUT2D eigenvalue weighted by molar-refractivity contribution is 0.313. The number of nitrogens with one attached hydrogen (secondary N) is 1. The van der Waals surface area contributed by atoms with E-state index in [2.05, 4.69) is 44.3 Å². The average molecular weight is 512 g/mol. The molecule has 1 aliphatic heterocycles. The fourth-order valence-corrected chi connectivity index (χ4v) is 5.05. The molecule has 0 atom stereocenters. The molecule has 1 aromatic heterocycles. The fraction of sp³-hybridized carbons (Fsp3) is 0.407. The monoisotopic (exact) mass is 511 g/mol. The van der Waals surface area contributed by atoms with Crippen LogP contribution in [0.1, 0.15) is 37.6 Å². The van der Waals surface area contributed by atoms with Gasteiger partial charge < -0.3 is 15.1 Å². The van der Waals surface area contributed by atoms with E-state index in [1.807, 2.05) is 18.2 Å². The van der Waals surface area contributed by atoms with Crippen molar-refractivity contribution in [3.63, 3.8) is 0 Å². The first-order valence-electron chi connectivity index (χ1n) is 12.1. The van der Waals surface area contributed by atoms with Gasteiger partial charge in [-0.15, -0.1) is 0 Å². The van der Waals surface area contributed by atoms with E-state index in [1.165, 1.54) is 5.69 Å². The van der Waals surface area contributed by atoms with Crippen molar-refractivity contribution in [2.75, 3.05) is 43.4 Å². The first-order valence-corrected chi connectivity index (χ1v) is 13.8. The van der Waals surface area contributed by atoms with Gasteiger partial charge in [0.1, 0.15) is 0 Å². The van der Waals surface area contributed by atoms with E-state index in [4.69, 9.17) is 0 Å². The SMILES string of the molecule is CN1CCN(c2ccc(Nc3ncc(F)c(Cc4cccc(CS(=O)(=O)C(C)(C)C)c4)n3)cc2)CC1. The molecule has 0 bridgehead atoms. The number of hydrogen-bond acceptors (Lipinski definition) is 7. The second-order valence-corrected chi connectivity index (χ2v) is 13.1. The third-order valence-electron chi connectivity index (χ3n) is 6.46. The molecule has 3 aromatic rings. The molecule has 0 aliphatic carbocycles. The first kappa shape index (κ1) is 26.0. The number of rotatable bonds is 7. The minimum atomic E-state index is -3.32. The van der Waals surface area contributed by atoms with Crippen LogP contribution in [0.5, 0.6) is 0 Å². The Bertz CT molecular complexity index is 1300. The molecule has 0 unspecified atom stereocenters. The molecule has 1 fully saturated rings. The number of halogens is 1. The molecule has 1 saturated heterocycles. The van der Waals surface area contributed by atoms with Crippen molar-refractivity contribution in [2.45, 2.75) is 37.7 Å². The summed E-state index contributed by atoms with van der Waals surface area (Å²) in [7, 11) is -1.18. The van der Waals surface area contributed by atoms with Gasteiger partial charge in [0.25, 0.3) is 0 Å². The maximum atomic E-state index is 14.6. The molecule has 0 saturated carbocycles. The van der Waals surface area contributed by atoms with Gasteiger partial charge in [0.2, 0.25) is 5.95 Å². The van der Waals surface area contributed by atoms with E-state index < -0.39 is 20.4 Å². The summed E-state index contributed by atoms with van der Waals surface area (Å²) in [6, 6.07) is 15.3. The lowest BCUT2D eigenvalue weighted by atomic mass is 10.1. The molecule has 0 amide bonds. The van der Waals surface area contributed by atoms with Gasteiger partial charge in [0, 0.05) is 44.0 Å². The van der Waals surface area contributed by atoms with Crippen molar-refractivity contribution >= 4 is 27.2 Å². The number of nitrogens with zero attached hydrogens (tertiary/aromatic N) is 4. The fourth-order valence-electron chi connectivity index (χ4n) is 3.99. The number of piperazine rings is 1. The van der Waals surface area contributed by atoms with Crippen LogP contribution < -0.4 is 10.2 Å². The predicted molar refractivity (Wildman–Crippen MR) is 143 cm³/mol. The Morgan fingerprint density at radius 2 is 1.67 bits per heavy atom. The van der Waals surface area contributed by atoms with E-state index in [1.54, 1.807) is 39.0 Å². The number of anilines is 3. The minimum Gasteiger partial charge on any atom is -0.369 e. The van der Waals surface area contributed by atoms with E-state index in [9.17, 15) is 12.8 Å². The molecule has 192 valence electrons. The molecule has 2 aromatic carbocycles. The molecule has 1 aliphatic rings. The lowest BCUT2D eigenvalue weighted by Crippen LogP contribution is -2.44. The summed E-state index contributed by atoms with van der Waals surface area (Å²) in [5, 5.41) is 3.16. The molecule has 36 heavy (non-hydrogen) atoms. The van der Waals surface area contributed by atoms with E-state index >= 15 is 0 Å². The summed E-state index contributed by atoms with van der Waals surface area (Å²) in [4.78, 5) is 13.2. The minimum absolute atomic E-state index is 0.0620. The van der Waals surface area contributed by atoms with Gasteiger partial charge in [0.15, 0.2) is 15.7 Å². The Morgan fingerprint density at radius 1 is 1.00 bits per heavy atom. The summed E-state index contributed by atoms with van der Waals surface area (Å²) in [6.07, 6.45) is 1.39. The summed E-state index contributed by atoms with van der Waals surface area (Å²) in [5.41, 5.74) is 3.70. The molecule has 0 spiro atoms. The van der Waals surface area contributed by atoms with Crippen LogP contribution in [0, 0.1) is 5.82 Å². The zero-order valence-corrected chi connectivity index (χ0v) is 22.1. The third kappa shape index (κ3) is 6.39. The highest BCUT2D eigenvalue weighted by Crippen LogP contribution is 2.23. The van der Waals surface area contributed by atoms with E-state index in [-0.39, 0.29) is 17.9 Å². The van der Waals surface area contributed by atoms with Crippen LogP contribution in [0.2, 0.25) is 0 Å². The van der Waals surface area contributed by atoms with Crippen molar-refractivity contribution in [3.05, 3.63) is 77.4 Å². The zero-order valence-electron chi connectivity index (χ0n) is 21.3. The van der Waals surface area contributed by atoms with Crippen LogP contribution in [0.3, 0.4) is 0 Å². The topological polar surface area (TPSA) is 78.4 Å². The number of likely N-dealkylation sites (N-methyl/N-ethyl adjacent to an activating group) is 1. The average Bonchev–Trinajstić information content (AvgIpc) is 2.82. The van der Waals surface area contributed by atoms with Gasteiger partial charge in [-0.3, -0.25) is 0 Å². The molecule has 2 heterocycles. The highest BCUT2D eigenvalue weighted by atomic mass is 32.2. The van der Waals surface area contributed by atoms with Crippen molar-refractivity contribution in [2.24, 2.45) is 0 Å². The number of aromatic nitrogens is 2. The number of benzene rings is 2. The Kier molecular flexibility index (Phi) is 7.61. The smallest absolute Gasteiger partial charge is 0.227 e. The Balaban J connectivity index is 1.45. The number of hydrogen-bond donors (Lipinski definition) is 1. The highest BCUT2D eigenvalue weighted by molar-refractivity contribution is 7.91. The first-order chi connectivity index (χ1) is 17.0. The summed E-state index contributed by atoms with van der Waals surface area (Å²) in [5.74, 6) is -0.253. The van der Waals surface area contributed by atoms with Crippen molar-refractivity contribution in [1.82, 2.24) is 14.9 Å². The summed E-state index contributed by atoms with van der Waals surface area (Å²) >= 11 is 0. The molecule has 1 N–H and O–H groups in total. The molecule has 7 nitrogen and oxygen atoms in total. The van der Waals surface area contributed by atoms with Gasteiger partial charge >= 0.3 is 0 Å². The highest BCUT2D eigenvalue weighted by Gasteiger charge is 2.29. The molecule has 4 rings (SSSR count). The molecular formula is C27H34FN5O2S. The zero-order chi connectivity index (χ0) is 25.9. The predicted octanol–water partition coefficient (Wildman–Crippen LogP) is 4.42. The Hall–Kier alpha value is -3.04. The summed E-state index contributed by atoms with van der Waals surface area (Å²) in [6.45, 7) is 9.15. The molecular weight excluding hydrogens is 477 g/mol. The van der Waals surface area contributed by atoms with Crippen LogP contribution in [0.15, 0.2) is 54.7 Å². The molecule has 9 heteroatoms. The number of sulfone groups is 1. The standard InChI is InChI=1S/C27H34FN5O2S/c1-27(2,3)36(34,35)19-21-7-5-6-20(16-21)17-25-24(28)18-29-26(31-25)30-22-8-10-23(11-9-22)33-14-12-32(4)13-15-33/h5-11,16,18H,12-15,17,19H2,1-4H3,(H,29,30,31). The largest absolute Gasteiger partial charge is 0.369 e. The van der Waals surface area contributed by atoms with Crippen molar-refractivity contribution < 1.29 is 12.8 Å². The van der Waals surface area contributed by atoms with Crippen LogP contribution in [0.4, 0.5) is 21.7 Å². The lowest BCUT2D eigenvalue weighted by Gasteiger charge is -2.34. The maximum absolute atomic E-state index is 14.6. The van der Waals surface area contributed by atoms with Crippen LogP contribution in [-0.2, 0) is 22.0 Å². The van der Waals surface area contributed by atoms with Crippen LogP contribution >= 0.6 is 0 Å². The van der Waals surface area contributed by atoms with Gasteiger partial charge in [-0.25, -0.2) is 22.8 Å². The maximum Gasteiger partial charge on any atom is 0.227 e. The van der Waals surface area contributed by atoms with Crippen molar-refractivity contribution in [1.29, 1.82) is 0 Å².